The van der Waals surface area contributed by atoms with Gasteiger partial charge in [-0.05, 0) is 25.0 Å². The number of carbonyl (C=O) groups excluding carboxylic acids is 1. The van der Waals surface area contributed by atoms with E-state index < -0.39 is 0 Å². The Morgan fingerprint density at radius 2 is 2.05 bits per heavy atom. The summed E-state index contributed by atoms with van der Waals surface area (Å²) in [4.78, 5) is 21.4. The number of piperidine rings is 1. The Morgan fingerprint density at radius 1 is 1.18 bits per heavy atom. The molecule has 5 heteroatoms. The molecule has 2 saturated heterocycles. The molecule has 2 aromatic rings. The molecular formula is C17H19N3OS. The van der Waals surface area contributed by atoms with Gasteiger partial charge in [0.15, 0.2) is 0 Å². The summed E-state index contributed by atoms with van der Waals surface area (Å²) >= 11 is 1.71. The van der Waals surface area contributed by atoms with E-state index in [1.54, 1.807) is 11.3 Å². The number of carbonyl (C=O) groups is 1. The van der Waals surface area contributed by atoms with Crippen molar-refractivity contribution >= 4 is 22.9 Å². The van der Waals surface area contributed by atoms with Crippen LogP contribution in [0.4, 0.5) is 5.69 Å². The molecule has 1 aromatic heterocycles. The van der Waals surface area contributed by atoms with Crippen molar-refractivity contribution in [2.75, 3.05) is 11.4 Å². The summed E-state index contributed by atoms with van der Waals surface area (Å²) in [6.07, 6.45) is 4.54. The van der Waals surface area contributed by atoms with E-state index in [1.807, 2.05) is 46.8 Å². The third kappa shape index (κ3) is 2.44. The van der Waals surface area contributed by atoms with Gasteiger partial charge in [-0.25, -0.2) is 4.98 Å². The Balaban J connectivity index is 1.57. The van der Waals surface area contributed by atoms with E-state index in [2.05, 4.69) is 9.88 Å². The molecule has 3 heterocycles. The van der Waals surface area contributed by atoms with Crippen molar-refractivity contribution in [3.05, 3.63) is 46.9 Å². The predicted molar refractivity (Wildman–Crippen MR) is 87.9 cm³/mol. The number of benzene rings is 1. The molecule has 1 amide bonds. The number of para-hydroxylation sites is 1. The zero-order valence-corrected chi connectivity index (χ0v) is 13.2. The highest BCUT2D eigenvalue weighted by Gasteiger charge is 2.43. The van der Waals surface area contributed by atoms with Gasteiger partial charge in [0.05, 0.1) is 12.6 Å². The van der Waals surface area contributed by atoms with Crippen LogP contribution in [0.15, 0.2) is 41.9 Å². The van der Waals surface area contributed by atoms with Crippen molar-refractivity contribution in [2.45, 2.75) is 37.9 Å². The van der Waals surface area contributed by atoms with Gasteiger partial charge >= 0.3 is 0 Å². The monoisotopic (exact) mass is 313 g/mol. The minimum atomic E-state index is 0.267. The largest absolute Gasteiger partial charge is 0.308 e. The van der Waals surface area contributed by atoms with Crippen molar-refractivity contribution in [1.82, 2.24) is 9.88 Å². The molecule has 0 radical (unpaired) electrons. The number of fused-ring (bicyclic) bond motifs is 1. The van der Waals surface area contributed by atoms with Gasteiger partial charge in [0.25, 0.3) is 0 Å². The van der Waals surface area contributed by atoms with Crippen LogP contribution in [0.3, 0.4) is 0 Å². The Labute approximate surface area is 134 Å². The lowest BCUT2D eigenvalue weighted by molar-refractivity contribution is -0.120. The average Bonchev–Trinajstić information content (AvgIpc) is 3.19. The second-order valence-electron chi connectivity index (χ2n) is 5.96. The molecule has 0 bridgehead atoms. The molecule has 22 heavy (non-hydrogen) atoms. The fourth-order valence-corrected chi connectivity index (χ4v) is 4.42. The van der Waals surface area contributed by atoms with Gasteiger partial charge < -0.3 is 4.90 Å². The molecule has 2 aliphatic rings. The number of rotatable bonds is 3. The van der Waals surface area contributed by atoms with E-state index in [0.29, 0.717) is 18.5 Å². The van der Waals surface area contributed by atoms with E-state index in [1.165, 1.54) is 5.01 Å². The molecule has 0 aliphatic carbocycles. The number of likely N-dealkylation sites (tertiary alicyclic amines) is 1. The summed E-state index contributed by atoms with van der Waals surface area (Å²) in [5.74, 6) is 0.267. The third-order valence-electron chi connectivity index (χ3n) is 4.74. The quantitative estimate of drug-likeness (QED) is 0.874. The second-order valence-corrected chi connectivity index (χ2v) is 6.94. The highest BCUT2D eigenvalue weighted by molar-refractivity contribution is 7.09. The first kappa shape index (κ1) is 13.9. The number of thiazole rings is 1. The number of hydrogen-bond acceptors (Lipinski definition) is 4. The van der Waals surface area contributed by atoms with E-state index in [4.69, 9.17) is 0 Å². The molecule has 4 rings (SSSR count). The molecule has 4 nitrogen and oxygen atoms in total. The minimum absolute atomic E-state index is 0.267. The number of aromatic nitrogens is 1. The molecule has 2 aliphatic heterocycles. The molecule has 0 saturated carbocycles. The third-order valence-corrected chi connectivity index (χ3v) is 5.50. The van der Waals surface area contributed by atoms with Crippen LogP contribution in [0, 0.1) is 0 Å². The fourth-order valence-electron chi connectivity index (χ4n) is 3.78. The molecule has 0 unspecified atom stereocenters. The van der Waals surface area contributed by atoms with E-state index in [9.17, 15) is 4.79 Å². The lowest BCUT2D eigenvalue weighted by Crippen LogP contribution is -2.52. The highest BCUT2D eigenvalue weighted by atomic mass is 32.1. The van der Waals surface area contributed by atoms with E-state index in [-0.39, 0.29) is 5.91 Å². The molecule has 2 fully saturated rings. The first-order valence-electron chi connectivity index (χ1n) is 7.82. The zero-order valence-electron chi connectivity index (χ0n) is 12.4. The maximum atomic E-state index is 12.5. The number of hydrogen-bond donors (Lipinski definition) is 0. The first-order valence-corrected chi connectivity index (χ1v) is 8.70. The number of anilines is 1. The van der Waals surface area contributed by atoms with Gasteiger partial charge in [0, 0.05) is 36.3 Å². The summed E-state index contributed by atoms with van der Waals surface area (Å²) in [5, 5.41) is 3.20. The van der Waals surface area contributed by atoms with Gasteiger partial charge in [0.1, 0.15) is 5.01 Å². The Kier molecular flexibility index (Phi) is 3.68. The topological polar surface area (TPSA) is 36.4 Å². The summed E-state index contributed by atoms with van der Waals surface area (Å²) in [6.45, 7) is 1.96. The van der Waals surface area contributed by atoms with Crippen molar-refractivity contribution in [1.29, 1.82) is 0 Å². The van der Waals surface area contributed by atoms with Crippen molar-refractivity contribution in [3.8, 4) is 0 Å². The molecule has 2 atom stereocenters. The lowest BCUT2D eigenvalue weighted by Gasteiger charge is -2.39. The van der Waals surface area contributed by atoms with Gasteiger partial charge in [-0.3, -0.25) is 9.69 Å². The zero-order chi connectivity index (χ0) is 14.9. The van der Waals surface area contributed by atoms with E-state index >= 15 is 0 Å². The lowest BCUT2D eigenvalue weighted by atomic mass is 9.95. The van der Waals surface area contributed by atoms with Gasteiger partial charge in [0.2, 0.25) is 5.91 Å². The normalized spacial score (nSPS) is 25.5. The summed E-state index contributed by atoms with van der Waals surface area (Å²) < 4.78 is 0. The maximum absolute atomic E-state index is 12.5. The molecular weight excluding hydrogens is 294 g/mol. The van der Waals surface area contributed by atoms with Gasteiger partial charge in [-0.15, -0.1) is 11.3 Å². The highest BCUT2D eigenvalue weighted by Crippen LogP contribution is 2.35. The first-order chi connectivity index (χ1) is 10.8. The predicted octanol–water partition coefficient (Wildman–Crippen LogP) is 2.91. The minimum Gasteiger partial charge on any atom is -0.308 e. The van der Waals surface area contributed by atoms with E-state index in [0.717, 1.165) is 31.6 Å². The van der Waals surface area contributed by atoms with Crippen LogP contribution in [0.1, 0.15) is 24.3 Å². The fraction of sp³-hybridized carbons (Fsp3) is 0.412. The Hall–Kier alpha value is -1.72. The average molecular weight is 313 g/mol. The Morgan fingerprint density at radius 3 is 2.82 bits per heavy atom. The summed E-state index contributed by atoms with van der Waals surface area (Å²) in [5.41, 5.74) is 1.04. The van der Waals surface area contributed by atoms with Crippen molar-refractivity contribution in [3.63, 3.8) is 0 Å². The molecule has 114 valence electrons. The summed E-state index contributed by atoms with van der Waals surface area (Å²) in [6, 6.07) is 10.9. The van der Waals surface area contributed by atoms with Gasteiger partial charge in [-0.2, -0.15) is 0 Å². The Bertz CT molecular complexity index is 643. The van der Waals surface area contributed by atoms with Crippen LogP contribution in [0.2, 0.25) is 0 Å². The van der Waals surface area contributed by atoms with Crippen molar-refractivity contribution < 1.29 is 4.79 Å². The summed E-state index contributed by atoms with van der Waals surface area (Å²) in [7, 11) is 0. The molecule has 0 spiro atoms. The van der Waals surface area contributed by atoms with Crippen LogP contribution in [-0.2, 0) is 11.3 Å². The van der Waals surface area contributed by atoms with Crippen LogP contribution in [-0.4, -0.2) is 34.4 Å². The van der Waals surface area contributed by atoms with Crippen LogP contribution >= 0.6 is 11.3 Å². The van der Waals surface area contributed by atoms with Crippen molar-refractivity contribution in [2.24, 2.45) is 0 Å². The number of nitrogens with zero attached hydrogens (tertiary/aromatic N) is 3. The van der Waals surface area contributed by atoms with Crippen LogP contribution in [0.5, 0.6) is 0 Å². The smallest absolute Gasteiger partial charge is 0.227 e. The number of amides is 1. The van der Waals surface area contributed by atoms with Crippen LogP contribution in [0.25, 0.3) is 0 Å². The second kappa shape index (κ2) is 5.82. The molecule has 0 N–H and O–H groups in total. The molecule has 1 aromatic carbocycles. The maximum Gasteiger partial charge on any atom is 0.227 e. The standard InChI is InChI=1S/C17H19N3OS/c21-17-7-6-14-15(20(17)13-4-2-1-3-5-13)8-10-19(14)12-16-18-9-11-22-16/h1-5,9,11,14-15H,6-8,10,12H2/t14-,15-/m1/s1. The van der Waals surface area contributed by atoms with Gasteiger partial charge in [-0.1, -0.05) is 18.2 Å². The van der Waals surface area contributed by atoms with Crippen LogP contribution < -0.4 is 4.90 Å². The SMILES string of the molecule is O=C1CC[C@@H]2[C@@H](CCN2Cc2nccs2)N1c1ccccc1.